The van der Waals surface area contributed by atoms with Crippen LogP contribution in [0, 0.1) is 10.1 Å². The largest absolute Gasteiger partial charge is 0.370 e. The molecule has 0 spiro atoms. The third-order valence-electron chi connectivity index (χ3n) is 3.37. The van der Waals surface area contributed by atoms with Crippen LogP contribution in [0.25, 0.3) is 10.3 Å². The number of nitro benzene ring substituents is 1. The number of amides is 1. The average Bonchev–Trinajstić information content (AvgIpc) is 2.96. The second-order valence-corrected chi connectivity index (χ2v) is 7.43. The molecule has 0 bridgehead atoms. The van der Waals surface area contributed by atoms with E-state index in [2.05, 4.69) is 9.97 Å². The minimum absolute atomic E-state index is 0.0924. The maximum Gasteiger partial charge on any atom is 0.269 e. The van der Waals surface area contributed by atoms with E-state index in [0.717, 1.165) is 14.7 Å². The lowest BCUT2D eigenvalue weighted by Gasteiger charge is -2.14. The molecule has 4 N–H and O–H groups in total. The molecule has 3 aromatic rings. The van der Waals surface area contributed by atoms with Gasteiger partial charge < -0.3 is 11.5 Å². The zero-order valence-corrected chi connectivity index (χ0v) is 14.4. The van der Waals surface area contributed by atoms with Crippen LogP contribution in [-0.4, -0.2) is 20.8 Å². The van der Waals surface area contributed by atoms with Gasteiger partial charge in [-0.05, 0) is 23.8 Å². The van der Waals surface area contributed by atoms with Gasteiger partial charge in [-0.2, -0.15) is 0 Å². The Labute approximate surface area is 150 Å². The zero-order valence-electron chi connectivity index (χ0n) is 12.8. The fraction of sp³-hybridized carbons (Fsp3) is 0.133. The van der Waals surface area contributed by atoms with Crippen molar-refractivity contribution in [2.45, 2.75) is 21.7 Å². The summed E-state index contributed by atoms with van der Waals surface area (Å²) in [6, 6.07) is 7.32. The molecule has 2 aromatic heterocycles. The molecular formula is C15H13N5O3S2. The van der Waals surface area contributed by atoms with E-state index in [9.17, 15) is 14.9 Å². The fourth-order valence-electron chi connectivity index (χ4n) is 2.25. The van der Waals surface area contributed by atoms with Gasteiger partial charge in [0.05, 0.1) is 4.92 Å². The summed E-state index contributed by atoms with van der Waals surface area (Å²) in [4.78, 5) is 31.9. The number of nitrogens with zero attached hydrogens (tertiary/aromatic N) is 3. The van der Waals surface area contributed by atoms with E-state index in [-0.39, 0.29) is 12.1 Å². The number of nitro groups is 1. The number of hydrogen-bond acceptors (Lipinski definition) is 8. The van der Waals surface area contributed by atoms with Crippen molar-refractivity contribution in [3.8, 4) is 0 Å². The van der Waals surface area contributed by atoms with Crippen LogP contribution in [0.15, 0.2) is 45.8 Å². The highest BCUT2D eigenvalue weighted by Gasteiger charge is 2.19. The molecule has 8 nitrogen and oxygen atoms in total. The molecule has 0 saturated carbocycles. The number of fused-ring (bicyclic) bond motifs is 1. The molecule has 1 unspecified atom stereocenters. The first-order valence-electron chi connectivity index (χ1n) is 7.15. The Bertz CT molecular complexity index is 926. The van der Waals surface area contributed by atoms with Crippen molar-refractivity contribution < 1.29 is 9.72 Å². The van der Waals surface area contributed by atoms with Crippen molar-refractivity contribution >= 4 is 45.0 Å². The van der Waals surface area contributed by atoms with Crippen molar-refractivity contribution in [1.82, 2.24) is 9.97 Å². The minimum Gasteiger partial charge on any atom is -0.370 e. The van der Waals surface area contributed by atoms with Gasteiger partial charge in [-0.25, -0.2) is 9.97 Å². The van der Waals surface area contributed by atoms with Crippen LogP contribution in [0.4, 0.5) is 5.69 Å². The first-order valence-corrected chi connectivity index (χ1v) is 8.79. The highest BCUT2D eigenvalue weighted by Crippen LogP contribution is 2.38. The van der Waals surface area contributed by atoms with Crippen LogP contribution in [0.1, 0.15) is 18.0 Å². The Morgan fingerprint density at radius 2 is 2.20 bits per heavy atom. The molecule has 0 aliphatic rings. The number of nitrogens with two attached hydrogens (primary N) is 2. The van der Waals surface area contributed by atoms with Gasteiger partial charge in [0.25, 0.3) is 5.69 Å². The zero-order chi connectivity index (χ0) is 18.0. The smallest absolute Gasteiger partial charge is 0.269 e. The highest BCUT2D eigenvalue weighted by atomic mass is 32.2. The number of non-ortho nitro benzene ring substituents is 1. The molecule has 1 atom stereocenters. The third-order valence-corrected chi connectivity index (χ3v) is 5.50. The third kappa shape index (κ3) is 3.92. The van der Waals surface area contributed by atoms with Gasteiger partial charge in [-0.3, -0.25) is 14.9 Å². The molecular weight excluding hydrogens is 362 g/mol. The van der Waals surface area contributed by atoms with E-state index in [0.29, 0.717) is 10.5 Å². The van der Waals surface area contributed by atoms with E-state index in [1.54, 1.807) is 18.3 Å². The van der Waals surface area contributed by atoms with Crippen LogP contribution >= 0.6 is 23.1 Å². The minimum atomic E-state index is -0.729. The number of benzene rings is 1. The molecule has 0 aliphatic heterocycles. The monoisotopic (exact) mass is 375 g/mol. The summed E-state index contributed by atoms with van der Waals surface area (Å²) in [5.41, 5.74) is 12.4. The quantitative estimate of drug-likeness (QED) is 0.499. The van der Waals surface area contributed by atoms with Gasteiger partial charge in [0.15, 0.2) is 4.34 Å². The SMILES string of the molecule is NC(=O)CC(N)c1cc([N+](=O)[O-])ccc1Sc1nc2cccnc2s1. The van der Waals surface area contributed by atoms with Gasteiger partial charge in [0, 0.05) is 35.7 Å². The van der Waals surface area contributed by atoms with E-state index in [4.69, 9.17) is 11.5 Å². The Morgan fingerprint density at radius 1 is 1.40 bits per heavy atom. The van der Waals surface area contributed by atoms with E-state index < -0.39 is 16.9 Å². The molecule has 0 radical (unpaired) electrons. The summed E-state index contributed by atoms with van der Waals surface area (Å²) in [6.07, 6.45) is 1.59. The molecule has 1 aromatic carbocycles. The van der Waals surface area contributed by atoms with Crippen molar-refractivity contribution in [3.05, 3.63) is 52.2 Å². The number of thiazole rings is 1. The maximum atomic E-state index is 11.2. The topological polar surface area (TPSA) is 138 Å². The summed E-state index contributed by atoms with van der Waals surface area (Å²) in [7, 11) is 0. The standard InChI is InChI=1S/C15H13N5O3S2/c16-10(7-13(17)21)9-6-8(20(22)23)3-4-12(9)24-15-19-11-2-1-5-18-14(11)25-15/h1-6,10H,7,16H2,(H2,17,21). The normalized spacial score (nSPS) is 12.2. The molecule has 0 aliphatic carbocycles. The summed E-state index contributed by atoms with van der Waals surface area (Å²) in [5, 5.41) is 11.0. The van der Waals surface area contributed by atoms with Crippen molar-refractivity contribution in [3.63, 3.8) is 0 Å². The van der Waals surface area contributed by atoms with Gasteiger partial charge in [-0.1, -0.05) is 23.1 Å². The van der Waals surface area contributed by atoms with Crippen molar-refractivity contribution in [2.24, 2.45) is 11.5 Å². The Hall–Kier alpha value is -2.56. The molecule has 0 saturated heterocycles. The molecule has 1 amide bonds. The van der Waals surface area contributed by atoms with Gasteiger partial charge in [0.1, 0.15) is 10.3 Å². The number of pyridine rings is 1. The molecule has 25 heavy (non-hydrogen) atoms. The van der Waals surface area contributed by atoms with Crippen LogP contribution < -0.4 is 11.5 Å². The lowest BCUT2D eigenvalue weighted by molar-refractivity contribution is -0.385. The number of carbonyl (C=O) groups excluding carboxylic acids is 1. The van der Waals surface area contributed by atoms with E-state index in [1.807, 2.05) is 6.07 Å². The molecule has 0 fully saturated rings. The second kappa shape index (κ2) is 7.13. The van der Waals surface area contributed by atoms with Crippen LogP contribution in [0.2, 0.25) is 0 Å². The van der Waals surface area contributed by atoms with E-state index in [1.165, 1.54) is 35.2 Å². The predicted molar refractivity (Wildman–Crippen MR) is 95.4 cm³/mol. The van der Waals surface area contributed by atoms with Crippen LogP contribution in [-0.2, 0) is 4.79 Å². The van der Waals surface area contributed by atoms with Crippen LogP contribution in [0.5, 0.6) is 0 Å². The molecule has 3 rings (SSSR count). The fourth-order valence-corrected chi connectivity index (χ4v) is 4.36. The second-order valence-electron chi connectivity index (χ2n) is 5.17. The number of aromatic nitrogens is 2. The lowest BCUT2D eigenvalue weighted by Crippen LogP contribution is -2.21. The summed E-state index contributed by atoms with van der Waals surface area (Å²) in [6.45, 7) is 0. The highest BCUT2D eigenvalue weighted by molar-refractivity contribution is 8.01. The first-order chi connectivity index (χ1) is 11.9. The van der Waals surface area contributed by atoms with Gasteiger partial charge in [-0.15, -0.1) is 0 Å². The summed E-state index contributed by atoms with van der Waals surface area (Å²) in [5.74, 6) is -0.570. The van der Waals surface area contributed by atoms with E-state index >= 15 is 0 Å². The average molecular weight is 375 g/mol. The lowest BCUT2D eigenvalue weighted by atomic mass is 10.0. The molecule has 2 heterocycles. The molecule has 10 heteroatoms. The Kier molecular flexibility index (Phi) is 4.93. The Balaban J connectivity index is 1.98. The Morgan fingerprint density at radius 3 is 2.88 bits per heavy atom. The molecule has 128 valence electrons. The number of hydrogen-bond donors (Lipinski definition) is 2. The maximum absolute atomic E-state index is 11.2. The van der Waals surface area contributed by atoms with Crippen molar-refractivity contribution in [2.75, 3.05) is 0 Å². The predicted octanol–water partition coefficient (Wildman–Crippen LogP) is 2.63. The number of rotatable bonds is 6. The van der Waals surface area contributed by atoms with Crippen molar-refractivity contribution in [1.29, 1.82) is 0 Å². The summed E-state index contributed by atoms with van der Waals surface area (Å²) >= 11 is 2.74. The van der Waals surface area contributed by atoms with Crippen LogP contribution in [0.3, 0.4) is 0 Å². The summed E-state index contributed by atoms with van der Waals surface area (Å²) < 4.78 is 0.732. The number of carbonyl (C=O) groups is 1. The van der Waals surface area contributed by atoms with Gasteiger partial charge in [0.2, 0.25) is 5.91 Å². The first kappa shape index (κ1) is 17.3. The number of primary amides is 1. The van der Waals surface area contributed by atoms with Gasteiger partial charge >= 0.3 is 0 Å².